The maximum absolute atomic E-state index is 13.5. The summed E-state index contributed by atoms with van der Waals surface area (Å²) < 4.78 is 20.2. The molecular weight excluding hydrogens is 333 g/mol. The van der Waals surface area contributed by atoms with Gasteiger partial charge in [-0.25, -0.2) is 9.07 Å². The number of benzene rings is 1. The summed E-state index contributed by atoms with van der Waals surface area (Å²) in [5, 5.41) is 4.60. The first-order valence-corrected chi connectivity index (χ1v) is 9.30. The Labute approximate surface area is 152 Å². The van der Waals surface area contributed by atoms with Crippen molar-refractivity contribution in [2.75, 3.05) is 7.11 Å². The number of esters is 1. The number of methoxy groups -OCH3 is 1. The summed E-state index contributed by atoms with van der Waals surface area (Å²) in [5.74, 6) is 0.136. The molecule has 0 radical (unpaired) electrons. The molecule has 0 bridgehead atoms. The average Bonchev–Trinajstić information content (AvgIpc) is 3.27. The Bertz CT molecular complexity index is 791. The summed E-state index contributed by atoms with van der Waals surface area (Å²) in [6.07, 6.45) is 7.49. The van der Waals surface area contributed by atoms with Crippen molar-refractivity contribution in [3.05, 3.63) is 48.0 Å². The number of rotatable bonds is 4. The molecule has 4 rings (SSSR count). The van der Waals surface area contributed by atoms with Crippen LogP contribution in [0.2, 0.25) is 0 Å². The van der Waals surface area contributed by atoms with Crippen molar-refractivity contribution in [1.29, 1.82) is 0 Å². The average molecular weight is 357 g/mol. The Balaban J connectivity index is 1.55. The molecule has 3 unspecified atom stereocenters. The van der Waals surface area contributed by atoms with Gasteiger partial charge in [-0.2, -0.15) is 5.10 Å². The molecule has 2 heterocycles. The predicted octanol–water partition coefficient (Wildman–Crippen LogP) is 3.32. The molecule has 2 aliphatic rings. The lowest BCUT2D eigenvalue weighted by molar-refractivity contribution is -0.146. The van der Waals surface area contributed by atoms with E-state index in [9.17, 15) is 9.18 Å². The molecule has 1 aliphatic carbocycles. The van der Waals surface area contributed by atoms with E-state index in [2.05, 4.69) is 10.00 Å². The molecule has 6 heteroatoms. The number of aromatic nitrogens is 2. The van der Waals surface area contributed by atoms with Crippen molar-refractivity contribution in [3.8, 4) is 5.69 Å². The first kappa shape index (κ1) is 17.2. The maximum Gasteiger partial charge on any atom is 0.323 e. The van der Waals surface area contributed by atoms with Crippen LogP contribution in [0.4, 0.5) is 4.39 Å². The highest BCUT2D eigenvalue weighted by atomic mass is 19.1. The van der Waals surface area contributed by atoms with Gasteiger partial charge in [0.25, 0.3) is 0 Å². The van der Waals surface area contributed by atoms with Crippen LogP contribution in [0.15, 0.2) is 36.5 Å². The van der Waals surface area contributed by atoms with Crippen molar-refractivity contribution in [2.24, 2.45) is 5.92 Å². The van der Waals surface area contributed by atoms with Crippen LogP contribution in [0.3, 0.4) is 0 Å². The number of halogens is 1. The first-order valence-electron chi connectivity index (χ1n) is 9.30. The number of ether oxygens (including phenoxy) is 1. The van der Waals surface area contributed by atoms with Gasteiger partial charge in [0.15, 0.2) is 0 Å². The molecule has 5 nitrogen and oxygen atoms in total. The lowest BCUT2D eigenvalue weighted by Crippen LogP contribution is -2.42. The summed E-state index contributed by atoms with van der Waals surface area (Å²) in [7, 11) is 1.46. The minimum absolute atomic E-state index is 0.149. The molecule has 26 heavy (non-hydrogen) atoms. The van der Waals surface area contributed by atoms with E-state index in [1.807, 2.05) is 18.3 Å². The summed E-state index contributed by atoms with van der Waals surface area (Å²) in [5.41, 5.74) is 1.58. The van der Waals surface area contributed by atoms with E-state index in [0.717, 1.165) is 18.5 Å². The van der Waals surface area contributed by atoms with Crippen LogP contribution >= 0.6 is 0 Å². The highest BCUT2D eigenvalue weighted by molar-refractivity contribution is 5.76. The molecular formula is C20H24FN3O2. The van der Waals surface area contributed by atoms with E-state index in [0.29, 0.717) is 24.2 Å². The van der Waals surface area contributed by atoms with Gasteiger partial charge < -0.3 is 4.74 Å². The number of hydrogen-bond donors (Lipinski definition) is 0. The van der Waals surface area contributed by atoms with Crippen molar-refractivity contribution in [3.63, 3.8) is 0 Å². The molecule has 0 N–H and O–H groups in total. The van der Waals surface area contributed by atoms with Gasteiger partial charge in [0, 0.05) is 18.8 Å². The Kier molecular flexibility index (Phi) is 4.76. The first-order chi connectivity index (χ1) is 12.7. The molecule has 1 saturated carbocycles. The normalized spacial score (nSPS) is 25.8. The summed E-state index contributed by atoms with van der Waals surface area (Å²) in [6, 6.07) is 8.55. The quantitative estimate of drug-likeness (QED) is 0.788. The van der Waals surface area contributed by atoms with Gasteiger partial charge >= 0.3 is 5.97 Å². The third-order valence-corrected chi connectivity index (χ3v) is 5.76. The van der Waals surface area contributed by atoms with Crippen LogP contribution in [-0.4, -0.2) is 39.8 Å². The fraction of sp³-hybridized carbons (Fsp3) is 0.500. The third-order valence-electron chi connectivity index (χ3n) is 5.76. The van der Waals surface area contributed by atoms with Crippen LogP contribution in [-0.2, 0) is 16.1 Å². The van der Waals surface area contributed by atoms with Crippen LogP contribution < -0.4 is 0 Å². The van der Waals surface area contributed by atoms with Crippen LogP contribution in [0.25, 0.3) is 5.69 Å². The molecule has 1 aliphatic heterocycles. The van der Waals surface area contributed by atoms with Gasteiger partial charge in [-0.15, -0.1) is 0 Å². The number of carbonyl (C=O) groups excluding carboxylic acids is 1. The van der Waals surface area contributed by atoms with Gasteiger partial charge in [-0.1, -0.05) is 18.9 Å². The van der Waals surface area contributed by atoms with Crippen molar-refractivity contribution in [2.45, 2.75) is 50.7 Å². The fourth-order valence-corrected chi connectivity index (χ4v) is 4.54. The van der Waals surface area contributed by atoms with E-state index < -0.39 is 0 Å². The second-order valence-corrected chi connectivity index (χ2v) is 7.29. The molecule has 1 aromatic heterocycles. The van der Waals surface area contributed by atoms with E-state index in [4.69, 9.17) is 4.74 Å². The Hall–Kier alpha value is -2.21. The monoisotopic (exact) mass is 357 g/mol. The van der Waals surface area contributed by atoms with Crippen molar-refractivity contribution < 1.29 is 13.9 Å². The van der Waals surface area contributed by atoms with Crippen molar-refractivity contribution in [1.82, 2.24) is 14.7 Å². The van der Waals surface area contributed by atoms with E-state index in [1.54, 1.807) is 10.7 Å². The zero-order chi connectivity index (χ0) is 18.1. The molecule has 138 valence electrons. The Morgan fingerprint density at radius 1 is 1.31 bits per heavy atom. The zero-order valence-electron chi connectivity index (χ0n) is 15.0. The van der Waals surface area contributed by atoms with Crippen molar-refractivity contribution >= 4 is 5.97 Å². The second-order valence-electron chi connectivity index (χ2n) is 7.29. The van der Waals surface area contributed by atoms with Gasteiger partial charge in [0.05, 0.1) is 18.5 Å². The zero-order valence-corrected chi connectivity index (χ0v) is 15.0. The summed E-state index contributed by atoms with van der Waals surface area (Å²) in [4.78, 5) is 14.6. The predicted molar refractivity (Wildman–Crippen MR) is 95.2 cm³/mol. The SMILES string of the molecule is COC(=O)C1CC2CCCCC2N1Cc1ccn(-c2cccc(F)c2)n1. The Morgan fingerprint density at radius 3 is 2.96 bits per heavy atom. The standard InChI is InChI=1S/C20H24FN3O2/c1-26-20(25)19-11-14-5-2-3-8-18(14)23(19)13-16-9-10-24(22-16)17-7-4-6-15(21)12-17/h4,6-7,9-10,12,14,18-19H,2-3,5,8,11,13H2,1H3. The van der Waals surface area contributed by atoms with E-state index in [-0.39, 0.29) is 17.8 Å². The highest BCUT2D eigenvalue weighted by Crippen LogP contribution is 2.40. The van der Waals surface area contributed by atoms with Gasteiger partial charge in [0.1, 0.15) is 11.9 Å². The topological polar surface area (TPSA) is 47.4 Å². The largest absolute Gasteiger partial charge is 0.468 e. The van der Waals surface area contributed by atoms with Crippen LogP contribution in [0, 0.1) is 11.7 Å². The summed E-state index contributed by atoms with van der Waals surface area (Å²) in [6.45, 7) is 0.614. The van der Waals surface area contributed by atoms with E-state index in [1.165, 1.54) is 38.5 Å². The molecule has 0 amide bonds. The Morgan fingerprint density at radius 2 is 2.15 bits per heavy atom. The lowest BCUT2D eigenvalue weighted by Gasteiger charge is -2.32. The smallest absolute Gasteiger partial charge is 0.323 e. The van der Waals surface area contributed by atoms with Gasteiger partial charge in [-0.05, 0) is 49.4 Å². The molecule has 0 spiro atoms. The molecule has 1 aromatic carbocycles. The molecule has 1 saturated heterocycles. The van der Waals surface area contributed by atoms with E-state index >= 15 is 0 Å². The highest BCUT2D eigenvalue weighted by Gasteiger charge is 2.45. The molecule has 2 fully saturated rings. The third kappa shape index (κ3) is 3.26. The number of fused-ring (bicyclic) bond motifs is 1. The maximum atomic E-state index is 13.5. The fourth-order valence-electron chi connectivity index (χ4n) is 4.54. The number of hydrogen-bond acceptors (Lipinski definition) is 4. The minimum atomic E-state index is -0.283. The van der Waals surface area contributed by atoms with Crippen LogP contribution in [0.1, 0.15) is 37.8 Å². The molecule has 2 aromatic rings. The molecule has 3 atom stereocenters. The van der Waals surface area contributed by atoms with Gasteiger partial charge in [-0.3, -0.25) is 9.69 Å². The number of likely N-dealkylation sites (tertiary alicyclic amines) is 1. The summed E-state index contributed by atoms with van der Waals surface area (Å²) >= 11 is 0. The number of carbonyl (C=O) groups is 1. The lowest BCUT2D eigenvalue weighted by atomic mass is 9.85. The second kappa shape index (κ2) is 7.19. The van der Waals surface area contributed by atoms with Gasteiger partial charge in [0.2, 0.25) is 0 Å². The number of nitrogens with zero attached hydrogens (tertiary/aromatic N) is 3. The minimum Gasteiger partial charge on any atom is -0.468 e. The van der Waals surface area contributed by atoms with Crippen LogP contribution in [0.5, 0.6) is 0 Å².